The molecule has 21 heavy (non-hydrogen) atoms. The fourth-order valence-electron chi connectivity index (χ4n) is 1.77. The van der Waals surface area contributed by atoms with Gasteiger partial charge in [0.25, 0.3) is 10.0 Å². The first-order valence-corrected chi connectivity index (χ1v) is 9.60. The highest BCUT2D eigenvalue weighted by atomic mass is 79.9. The molecule has 8 heteroatoms. The van der Waals surface area contributed by atoms with Gasteiger partial charge in [0.15, 0.2) is 0 Å². The third kappa shape index (κ3) is 3.80. The number of nitrogens with one attached hydrogen (secondary N) is 1. The molecular weight excluding hydrogens is 488 g/mol. The molecule has 0 aromatic heterocycles. The summed E-state index contributed by atoms with van der Waals surface area (Å²) in [7, 11) is -3.74. The van der Waals surface area contributed by atoms with Crippen LogP contribution >= 0.6 is 47.8 Å². The molecule has 0 spiro atoms. The van der Waals surface area contributed by atoms with Crippen LogP contribution in [0.3, 0.4) is 0 Å². The van der Waals surface area contributed by atoms with E-state index in [2.05, 4.69) is 52.5 Å². The second-order valence-electron chi connectivity index (χ2n) is 4.38. The van der Waals surface area contributed by atoms with Crippen molar-refractivity contribution in [3.8, 4) is 0 Å². The number of hydrogen-bond donors (Lipinski definition) is 2. The van der Waals surface area contributed by atoms with Crippen molar-refractivity contribution in [2.75, 3.05) is 10.5 Å². The summed E-state index contributed by atoms with van der Waals surface area (Å²) in [5.74, 6) is 0. The smallest absolute Gasteiger partial charge is 0.264 e. The van der Waals surface area contributed by atoms with Crippen molar-refractivity contribution < 1.29 is 8.42 Å². The topological polar surface area (TPSA) is 72.2 Å². The molecule has 0 aliphatic carbocycles. The van der Waals surface area contributed by atoms with Crippen LogP contribution in [0.25, 0.3) is 0 Å². The Morgan fingerprint density at radius 1 is 1.05 bits per heavy atom. The lowest BCUT2D eigenvalue weighted by Crippen LogP contribution is -2.15. The van der Waals surface area contributed by atoms with E-state index in [4.69, 9.17) is 5.73 Å². The summed E-state index contributed by atoms with van der Waals surface area (Å²) in [6, 6.07) is 8.42. The number of rotatable bonds is 3. The molecule has 3 N–H and O–H groups in total. The molecule has 0 saturated carbocycles. The Morgan fingerprint density at radius 2 is 1.62 bits per heavy atom. The van der Waals surface area contributed by atoms with E-state index in [1.165, 1.54) is 0 Å². The maximum atomic E-state index is 12.6. The van der Waals surface area contributed by atoms with Gasteiger partial charge in [0, 0.05) is 19.1 Å². The second-order valence-corrected chi connectivity index (χ2v) is 8.62. The lowest BCUT2D eigenvalue weighted by molar-refractivity contribution is 0.600. The van der Waals surface area contributed by atoms with Crippen LogP contribution in [0.5, 0.6) is 0 Å². The Balaban J connectivity index is 2.48. The zero-order chi connectivity index (χ0) is 15.8. The van der Waals surface area contributed by atoms with Gasteiger partial charge in [0.1, 0.15) is 4.90 Å². The quantitative estimate of drug-likeness (QED) is 0.604. The lowest BCUT2D eigenvalue weighted by Gasteiger charge is -2.14. The summed E-state index contributed by atoms with van der Waals surface area (Å²) >= 11 is 9.83. The van der Waals surface area contributed by atoms with Gasteiger partial charge in [-0.15, -0.1) is 0 Å². The van der Waals surface area contributed by atoms with E-state index < -0.39 is 10.0 Å². The zero-order valence-electron chi connectivity index (χ0n) is 10.8. The van der Waals surface area contributed by atoms with Gasteiger partial charge in [-0.3, -0.25) is 4.72 Å². The van der Waals surface area contributed by atoms with E-state index in [9.17, 15) is 8.42 Å². The summed E-state index contributed by atoms with van der Waals surface area (Å²) in [6.07, 6.45) is 0. The number of aryl methyl sites for hydroxylation is 1. The maximum Gasteiger partial charge on any atom is 0.264 e. The van der Waals surface area contributed by atoms with Crippen LogP contribution < -0.4 is 10.5 Å². The van der Waals surface area contributed by atoms with Crippen LogP contribution in [0.4, 0.5) is 11.4 Å². The van der Waals surface area contributed by atoms with Gasteiger partial charge in [0.05, 0.1) is 5.69 Å². The lowest BCUT2D eigenvalue weighted by atomic mass is 10.2. The first-order chi connectivity index (χ1) is 9.70. The van der Waals surface area contributed by atoms with Gasteiger partial charge in [-0.2, -0.15) is 0 Å². The molecule has 0 saturated heterocycles. The third-order valence-corrected chi connectivity index (χ3v) is 6.46. The summed E-state index contributed by atoms with van der Waals surface area (Å²) in [5, 5.41) is 0. The van der Waals surface area contributed by atoms with Crippen molar-refractivity contribution in [3.63, 3.8) is 0 Å². The number of benzene rings is 2. The highest BCUT2D eigenvalue weighted by Gasteiger charge is 2.22. The molecule has 2 rings (SSSR count). The van der Waals surface area contributed by atoms with Crippen molar-refractivity contribution in [1.29, 1.82) is 0 Å². The molecule has 0 aliphatic heterocycles. The number of sulfonamides is 1. The first kappa shape index (κ1) is 16.8. The Kier molecular flexibility index (Phi) is 5.02. The minimum Gasteiger partial charge on any atom is -0.399 e. The predicted molar refractivity (Wildman–Crippen MR) is 95.9 cm³/mol. The standard InChI is InChI=1S/C13H11Br3N2O2S/c1-7-4-8(14)2-3-12(7)18-21(19,20)13-10(15)5-9(17)6-11(13)16/h2-6,18H,17H2,1H3. The Labute approximate surface area is 148 Å². The maximum absolute atomic E-state index is 12.6. The molecule has 0 amide bonds. The van der Waals surface area contributed by atoms with Crippen LogP contribution in [-0.2, 0) is 10.0 Å². The van der Waals surface area contributed by atoms with Crippen LogP contribution in [0, 0.1) is 6.92 Å². The molecular formula is C13H11Br3N2O2S. The first-order valence-electron chi connectivity index (χ1n) is 5.74. The van der Waals surface area contributed by atoms with Gasteiger partial charge >= 0.3 is 0 Å². The zero-order valence-corrected chi connectivity index (χ0v) is 16.4. The highest BCUT2D eigenvalue weighted by Crippen LogP contribution is 2.34. The van der Waals surface area contributed by atoms with Gasteiger partial charge in [0.2, 0.25) is 0 Å². The molecule has 0 unspecified atom stereocenters. The fourth-order valence-corrected chi connectivity index (χ4v) is 6.00. The molecule has 0 aliphatic rings. The van der Waals surface area contributed by atoms with E-state index in [1.807, 2.05) is 13.0 Å². The molecule has 0 radical (unpaired) electrons. The highest BCUT2D eigenvalue weighted by molar-refractivity contribution is 9.11. The van der Waals surface area contributed by atoms with E-state index in [-0.39, 0.29) is 4.90 Å². The van der Waals surface area contributed by atoms with Crippen molar-refractivity contribution in [2.45, 2.75) is 11.8 Å². The van der Waals surface area contributed by atoms with Crippen LogP contribution in [0.2, 0.25) is 0 Å². The monoisotopic (exact) mass is 496 g/mol. The van der Waals surface area contributed by atoms with Gasteiger partial charge < -0.3 is 5.73 Å². The summed E-state index contributed by atoms with van der Waals surface area (Å²) in [4.78, 5) is 0.110. The molecule has 2 aromatic rings. The minimum absolute atomic E-state index is 0.110. The van der Waals surface area contributed by atoms with Gasteiger partial charge in [-0.1, -0.05) is 15.9 Å². The van der Waals surface area contributed by atoms with Crippen molar-refractivity contribution in [3.05, 3.63) is 49.3 Å². The molecule has 0 bridgehead atoms. The second kappa shape index (κ2) is 6.28. The fraction of sp³-hybridized carbons (Fsp3) is 0.0769. The SMILES string of the molecule is Cc1cc(Br)ccc1NS(=O)(=O)c1c(Br)cc(N)cc1Br. The number of nitrogens with two attached hydrogens (primary N) is 1. The van der Waals surface area contributed by atoms with Crippen LogP contribution in [-0.4, -0.2) is 8.42 Å². The minimum atomic E-state index is -3.74. The predicted octanol–water partition coefficient (Wildman–Crippen LogP) is 4.67. The van der Waals surface area contributed by atoms with E-state index in [1.54, 1.807) is 24.3 Å². The molecule has 0 fully saturated rings. The van der Waals surface area contributed by atoms with Crippen molar-refractivity contribution >= 4 is 69.2 Å². The molecule has 4 nitrogen and oxygen atoms in total. The van der Waals surface area contributed by atoms with E-state index in [0.717, 1.165) is 10.0 Å². The molecule has 0 heterocycles. The average molecular weight is 499 g/mol. The largest absolute Gasteiger partial charge is 0.399 e. The van der Waals surface area contributed by atoms with Crippen LogP contribution in [0.1, 0.15) is 5.56 Å². The van der Waals surface area contributed by atoms with Gasteiger partial charge in [-0.05, 0) is 74.7 Å². The Bertz CT molecular complexity index is 784. The normalized spacial score (nSPS) is 11.4. The number of anilines is 2. The number of nitrogen functional groups attached to an aromatic ring is 1. The molecule has 112 valence electrons. The third-order valence-electron chi connectivity index (χ3n) is 2.72. The van der Waals surface area contributed by atoms with E-state index >= 15 is 0 Å². The van der Waals surface area contributed by atoms with E-state index in [0.29, 0.717) is 20.3 Å². The molecule has 2 aromatic carbocycles. The summed E-state index contributed by atoms with van der Waals surface area (Å²) < 4.78 is 29.4. The number of halogens is 3. The van der Waals surface area contributed by atoms with Gasteiger partial charge in [-0.25, -0.2) is 8.42 Å². The van der Waals surface area contributed by atoms with Crippen molar-refractivity contribution in [2.24, 2.45) is 0 Å². The number of hydrogen-bond acceptors (Lipinski definition) is 3. The molecule has 0 atom stereocenters. The summed E-state index contributed by atoms with van der Waals surface area (Å²) in [5.41, 5.74) is 7.49. The van der Waals surface area contributed by atoms with Crippen molar-refractivity contribution in [1.82, 2.24) is 0 Å². The van der Waals surface area contributed by atoms with Crippen LogP contribution in [0.15, 0.2) is 48.6 Å². The average Bonchev–Trinajstić information content (AvgIpc) is 2.30. The Hall–Kier alpha value is -0.570. The summed E-state index contributed by atoms with van der Waals surface area (Å²) in [6.45, 7) is 1.83. The Morgan fingerprint density at radius 3 is 2.14 bits per heavy atom.